The molecule has 1 aromatic carbocycles. The van der Waals surface area contributed by atoms with Crippen molar-refractivity contribution in [1.82, 2.24) is 15.5 Å². The molecule has 0 spiro atoms. The van der Waals surface area contributed by atoms with Crippen molar-refractivity contribution in [1.29, 1.82) is 0 Å². The molecule has 0 amide bonds. The quantitative estimate of drug-likeness (QED) is 0.935. The summed E-state index contributed by atoms with van der Waals surface area (Å²) in [6.45, 7) is 3.78. The van der Waals surface area contributed by atoms with Crippen LogP contribution in [0.5, 0.6) is 0 Å². The monoisotopic (exact) mass is 279 g/mol. The molecular formula is C14H15F2N3O. The van der Waals surface area contributed by atoms with E-state index in [0.29, 0.717) is 17.3 Å². The molecule has 20 heavy (non-hydrogen) atoms. The zero-order valence-corrected chi connectivity index (χ0v) is 11.1. The zero-order valence-electron chi connectivity index (χ0n) is 11.1. The predicted octanol–water partition coefficient (Wildman–Crippen LogP) is 2.19. The number of halogens is 2. The van der Waals surface area contributed by atoms with Crippen LogP contribution in [-0.2, 0) is 11.8 Å². The molecule has 2 aromatic rings. The van der Waals surface area contributed by atoms with E-state index < -0.39 is 11.6 Å². The second-order valence-electron chi connectivity index (χ2n) is 5.46. The van der Waals surface area contributed by atoms with E-state index in [9.17, 15) is 8.78 Å². The molecule has 1 saturated heterocycles. The smallest absolute Gasteiger partial charge is 0.233 e. The molecule has 1 aliphatic rings. The van der Waals surface area contributed by atoms with Crippen molar-refractivity contribution < 1.29 is 13.3 Å². The molecule has 1 N–H and O–H groups in total. The maximum absolute atomic E-state index is 13.1. The van der Waals surface area contributed by atoms with Crippen molar-refractivity contribution in [2.45, 2.75) is 25.2 Å². The first-order chi connectivity index (χ1) is 9.55. The van der Waals surface area contributed by atoms with E-state index in [1.165, 1.54) is 12.1 Å². The SMILES string of the molecule is CC1(c2nc(Cc3cc(F)cc(F)c3)no2)CCNC1. The Morgan fingerprint density at radius 1 is 1.30 bits per heavy atom. The predicted molar refractivity (Wildman–Crippen MR) is 68.3 cm³/mol. The van der Waals surface area contributed by atoms with Crippen molar-refractivity contribution in [3.63, 3.8) is 0 Å². The van der Waals surface area contributed by atoms with Crippen molar-refractivity contribution in [2.75, 3.05) is 13.1 Å². The number of hydrogen-bond donors (Lipinski definition) is 1. The number of nitrogens with zero attached hydrogens (tertiary/aromatic N) is 2. The molecule has 1 atom stereocenters. The second-order valence-corrected chi connectivity index (χ2v) is 5.46. The summed E-state index contributed by atoms with van der Waals surface area (Å²) in [5.74, 6) is -0.182. The Kier molecular flexibility index (Phi) is 3.25. The summed E-state index contributed by atoms with van der Waals surface area (Å²) >= 11 is 0. The second kappa shape index (κ2) is 4.94. The highest BCUT2D eigenvalue weighted by atomic mass is 19.1. The van der Waals surface area contributed by atoms with Gasteiger partial charge in [0.05, 0.1) is 5.41 Å². The summed E-state index contributed by atoms with van der Waals surface area (Å²) in [5.41, 5.74) is 0.336. The van der Waals surface area contributed by atoms with Gasteiger partial charge in [0.25, 0.3) is 0 Å². The Hall–Kier alpha value is -1.82. The lowest BCUT2D eigenvalue weighted by Crippen LogP contribution is -2.25. The molecule has 1 aliphatic heterocycles. The van der Waals surface area contributed by atoms with Crippen molar-refractivity contribution in [3.8, 4) is 0 Å². The van der Waals surface area contributed by atoms with Gasteiger partial charge in [0.2, 0.25) is 5.89 Å². The average molecular weight is 279 g/mol. The van der Waals surface area contributed by atoms with Crippen molar-refractivity contribution in [2.24, 2.45) is 0 Å². The lowest BCUT2D eigenvalue weighted by molar-refractivity contribution is 0.304. The summed E-state index contributed by atoms with van der Waals surface area (Å²) in [6, 6.07) is 3.40. The fourth-order valence-electron chi connectivity index (χ4n) is 2.47. The first kappa shape index (κ1) is 13.2. The van der Waals surface area contributed by atoms with Crippen LogP contribution in [-0.4, -0.2) is 23.2 Å². The highest BCUT2D eigenvalue weighted by molar-refractivity contribution is 5.21. The van der Waals surface area contributed by atoms with Gasteiger partial charge in [-0.05, 0) is 37.6 Å². The largest absolute Gasteiger partial charge is 0.339 e. The summed E-state index contributed by atoms with van der Waals surface area (Å²) < 4.78 is 31.6. The summed E-state index contributed by atoms with van der Waals surface area (Å²) in [5, 5.41) is 7.16. The maximum atomic E-state index is 13.1. The third kappa shape index (κ3) is 2.56. The van der Waals surface area contributed by atoms with Gasteiger partial charge in [0, 0.05) is 19.0 Å². The standard InChI is InChI=1S/C14H15F2N3O/c1-14(2-3-17-8-14)13-18-12(19-20-13)6-9-4-10(15)7-11(16)5-9/h4-5,7,17H,2-3,6,8H2,1H3. The van der Waals surface area contributed by atoms with Gasteiger partial charge in [-0.15, -0.1) is 0 Å². The highest BCUT2D eigenvalue weighted by Gasteiger charge is 2.36. The minimum Gasteiger partial charge on any atom is -0.339 e. The van der Waals surface area contributed by atoms with Crippen molar-refractivity contribution >= 4 is 0 Å². The summed E-state index contributed by atoms with van der Waals surface area (Å²) in [6.07, 6.45) is 1.19. The van der Waals surface area contributed by atoms with E-state index >= 15 is 0 Å². The van der Waals surface area contributed by atoms with Crippen LogP contribution in [0.1, 0.15) is 30.6 Å². The minimum atomic E-state index is -0.601. The molecule has 1 aromatic heterocycles. The molecule has 0 radical (unpaired) electrons. The van der Waals surface area contributed by atoms with Gasteiger partial charge in [-0.3, -0.25) is 0 Å². The minimum absolute atomic E-state index is 0.154. The van der Waals surface area contributed by atoms with Gasteiger partial charge < -0.3 is 9.84 Å². The van der Waals surface area contributed by atoms with Crippen LogP contribution in [0.25, 0.3) is 0 Å². The van der Waals surface area contributed by atoms with Crippen LogP contribution in [0.15, 0.2) is 22.7 Å². The van der Waals surface area contributed by atoms with Crippen LogP contribution in [0, 0.1) is 11.6 Å². The fourth-order valence-corrected chi connectivity index (χ4v) is 2.47. The Labute approximate surface area is 115 Å². The molecule has 1 unspecified atom stereocenters. The topological polar surface area (TPSA) is 51.0 Å². The van der Waals surface area contributed by atoms with Gasteiger partial charge in [0.1, 0.15) is 11.6 Å². The normalized spacial score (nSPS) is 22.4. The summed E-state index contributed by atoms with van der Waals surface area (Å²) in [4.78, 5) is 4.36. The first-order valence-electron chi connectivity index (χ1n) is 6.54. The number of rotatable bonds is 3. The van der Waals surface area contributed by atoms with Crippen LogP contribution >= 0.6 is 0 Å². The van der Waals surface area contributed by atoms with E-state index in [2.05, 4.69) is 22.4 Å². The molecule has 1 fully saturated rings. The molecule has 0 aliphatic carbocycles. The number of aromatic nitrogens is 2. The lowest BCUT2D eigenvalue weighted by Gasteiger charge is -2.15. The third-order valence-corrected chi connectivity index (χ3v) is 3.64. The maximum Gasteiger partial charge on any atom is 0.233 e. The van der Waals surface area contributed by atoms with Crippen LogP contribution in [0.2, 0.25) is 0 Å². The van der Waals surface area contributed by atoms with E-state index in [0.717, 1.165) is 25.6 Å². The highest BCUT2D eigenvalue weighted by Crippen LogP contribution is 2.28. The number of hydrogen-bond acceptors (Lipinski definition) is 4. The van der Waals surface area contributed by atoms with E-state index in [1.54, 1.807) is 0 Å². The van der Waals surface area contributed by atoms with Gasteiger partial charge >= 0.3 is 0 Å². The van der Waals surface area contributed by atoms with Crippen LogP contribution in [0.3, 0.4) is 0 Å². The molecular weight excluding hydrogens is 264 g/mol. The van der Waals surface area contributed by atoms with E-state index in [4.69, 9.17) is 4.52 Å². The molecule has 0 bridgehead atoms. The molecule has 4 nitrogen and oxygen atoms in total. The summed E-state index contributed by atoms with van der Waals surface area (Å²) in [7, 11) is 0. The van der Waals surface area contributed by atoms with Crippen LogP contribution < -0.4 is 5.32 Å². The Balaban J connectivity index is 1.80. The van der Waals surface area contributed by atoms with E-state index in [1.807, 2.05) is 0 Å². The Morgan fingerprint density at radius 3 is 2.70 bits per heavy atom. The Morgan fingerprint density at radius 2 is 2.05 bits per heavy atom. The fraction of sp³-hybridized carbons (Fsp3) is 0.429. The van der Waals surface area contributed by atoms with Gasteiger partial charge in [0.15, 0.2) is 5.82 Å². The lowest BCUT2D eigenvalue weighted by atomic mass is 9.90. The van der Waals surface area contributed by atoms with Crippen LogP contribution in [0.4, 0.5) is 8.78 Å². The zero-order chi connectivity index (χ0) is 14.2. The molecule has 3 rings (SSSR count). The van der Waals surface area contributed by atoms with Gasteiger partial charge in [-0.25, -0.2) is 8.78 Å². The first-order valence-corrected chi connectivity index (χ1v) is 6.54. The number of nitrogens with one attached hydrogen (secondary N) is 1. The van der Waals surface area contributed by atoms with E-state index in [-0.39, 0.29) is 11.8 Å². The van der Waals surface area contributed by atoms with Gasteiger partial charge in [-0.1, -0.05) is 5.16 Å². The molecule has 2 heterocycles. The third-order valence-electron chi connectivity index (χ3n) is 3.64. The molecule has 0 saturated carbocycles. The Bertz CT molecular complexity index is 600. The molecule has 106 valence electrons. The van der Waals surface area contributed by atoms with Crippen molar-refractivity contribution in [3.05, 3.63) is 47.1 Å². The molecule has 6 heteroatoms. The average Bonchev–Trinajstić information content (AvgIpc) is 2.98. The number of benzene rings is 1. The van der Waals surface area contributed by atoms with Gasteiger partial charge in [-0.2, -0.15) is 4.98 Å².